The first-order valence-corrected chi connectivity index (χ1v) is 36.2. The number of hydrogen-bond donors (Lipinski definition) is 12. The Morgan fingerprint density at radius 1 is 0.515 bits per heavy atom. The lowest BCUT2D eigenvalue weighted by Gasteiger charge is -2.34. The predicted octanol–water partition coefficient (Wildman–Crippen LogP) is 10.1. The summed E-state index contributed by atoms with van der Waals surface area (Å²) in [4.78, 5) is 24.4. The van der Waals surface area contributed by atoms with Gasteiger partial charge in [0.25, 0.3) is 50.6 Å². The molecule has 1 aliphatic rings. The Balaban J connectivity index is 0.835. The molecular formula is C50H41Cl2N17O23S7. The average Bonchev–Trinajstić information content (AvgIpc) is 0.754. The monoisotopic (exact) mass is 1540 g/mol. The fourth-order valence-electron chi connectivity index (χ4n) is 9.30. The Labute approximate surface area is 574 Å². The summed E-state index contributed by atoms with van der Waals surface area (Å²) in [5, 5.41) is 77.1. The lowest BCUT2D eigenvalue weighted by atomic mass is 10.1. The highest BCUT2D eigenvalue weighted by Gasteiger charge is 2.30. The van der Waals surface area contributed by atoms with Gasteiger partial charge in [-0.3, -0.25) is 27.7 Å². The van der Waals surface area contributed by atoms with Gasteiger partial charge < -0.3 is 31.1 Å². The van der Waals surface area contributed by atoms with Crippen LogP contribution in [0.3, 0.4) is 0 Å². The van der Waals surface area contributed by atoms with E-state index < -0.39 is 147 Å². The van der Waals surface area contributed by atoms with Gasteiger partial charge in [-0.05, 0) is 120 Å². The van der Waals surface area contributed by atoms with E-state index in [2.05, 4.69) is 95.3 Å². The van der Waals surface area contributed by atoms with Crippen LogP contribution in [-0.4, -0.2) is 160 Å². The molecule has 10 rings (SSSR count). The van der Waals surface area contributed by atoms with Crippen molar-refractivity contribution >= 4 is 189 Å². The molecular weight excluding hydrogens is 1500 g/mol. The zero-order valence-corrected chi connectivity index (χ0v) is 55.9. The van der Waals surface area contributed by atoms with E-state index in [1.807, 2.05) is 4.90 Å². The number of piperazine rings is 1. The normalized spacial score (nSPS) is 13.8. The Hall–Kier alpha value is -8.77. The van der Waals surface area contributed by atoms with Crippen molar-refractivity contribution in [2.45, 2.75) is 34.3 Å². The summed E-state index contributed by atoms with van der Waals surface area (Å²) in [6.07, 6.45) is 0. The second kappa shape index (κ2) is 30.0. The fourth-order valence-corrected chi connectivity index (χ4v) is 13.8. The fraction of sp³-hybridized carbons (Fsp3) is 0.120. The molecule has 1 saturated heterocycles. The number of aromatic hydroxyl groups is 2. The third kappa shape index (κ3) is 17.8. The number of fused-ring (bicyclic) bond motifs is 2. The molecule has 0 aliphatic carbocycles. The summed E-state index contributed by atoms with van der Waals surface area (Å²) in [5.41, 5.74) is -3.20. The molecule has 0 bridgehead atoms. The van der Waals surface area contributed by atoms with Crippen LogP contribution in [-0.2, 0) is 69.3 Å². The minimum Gasteiger partial charge on any atom is -0.505 e. The summed E-state index contributed by atoms with van der Waals surface area (Å²) >= 11 is 13.5. The third-order valence-corrected chi connectivity index (χ3v) is 19.5. The number of phenolic OH excluding ortho intramolecular Hbond substituents is 2. The van der Waals surface area contributed by atoms with E-state index in [0.717, 1.165) is 48.5 Å². The average molecular weight is 1540 g/mol. The van der Waals surface area contributed by atoms with Gasteiger partial charge in [0.15, 0.2) is 11.5 Å². The highest BCUT2D eigenvalue weighted by Crippen LogP contribution is 2.49. The predicted molar refractivity (Wildman–Crippen MR) is 347 cm³/mol. The van der Waals surface area contributed by atoms with E-state index in [-0.39, 0.29) is 77.1 Å². The van der Waals surface area contributed by atoms with Crippen LogP contribution in [0.1, 0.15) is 0 Å². The summed E-state index contributed by atoms with van der Waals surface area (Å²) in [7, 11) is -25.7. The zero-order chi connectivity index (χ0) is 71.4. The molecule has 0 saturated carbocycles. The van der Waals surface area contributed by atoms with Gasteiger partial charge in [0.1, 0.15) is 42.3 Å². The molecule has 1 fully saturated rings. The number of phenols is 2. The maximum atomic E-state index is 13.2. The number of rotatable bonds is 26. The number of benzene rings is 7. The van der Waals surface area contributed by atoms with Gasteiger partial charge in [-0.2, -0.15) is 82.2 Å². The maximum absolute atomic E-state index is 13.2. The van der Waals surface area contributed by atoms with Crippen molar-refractivity contribution in [2.24, 2.45) is 30.7 Å². The molecule has 99 heavy (non-hydrogen) atoms. The van der Waals surface area contributed by atoms with Crippen LogP contribution < -0.4 is 20.9 Å². The summed E-state index contributed by atoms with van der Waals surface area (Å²) in [6, 6.07) is 19.3. The van der Waals surface area contributed by atoms with Crippen molar-refractivity contribution in [2.75, 3.05) is 60.1 Å². The lowest BCUT2D eigenvalue weighted by molar-refractivity contribution is -0.432. The lowest BCUT2D eigenvalue weighted by Crippen LogP contribution is -2.48. The van der Waals surface area contributed by atoms with Crippen LogP contribution in [0, 0.1) is 0 Å². The molecule has 0 atom stereocenters. The van der Waals surface area contributed by atoms with Crippen LogP contribution in [0.5, 0.6) is 11.5 Å². The van der Waals surface area contributed by atoms with Crippen molar-refractivity contribution in [3.8, 4) is 11.5 Å². The van der Waals surface area contributed by atoms with Crippen LogP contribution in [0.25, 0.3) is 21.5 Å². The van der Waals surface area contributed by atoms with Gasteiger partial charge >= 0.3 is 0 Å². The molecule has 3 heterocycles. The molecule has 40 nitrogen and oxygen atoms in total. The van der Waals surface area contributed by atoms with E-state index in [4.69, 9.17) is 33.7 Å². The van der Waals surface area contributed by atoms with Gasteiger partial charge in [0.2, 0.25) is 34.4 Å². The van der Waals surface area contributed by atoms with Crippen molar-refractivity contribution in [3.63, 3.8) is 0 Å². The number of nitrogens with one attached hydrogen (secondary N) is 3. The quantitative estimate of drug-likeness (QED) is 0.00788. The van der Waals surface area contributed by atoms with Gasteiger partial charge in [-0.1, -0.05) is 22.2 Å². The molecule has 0 spiro atoms. The summed E-state index contributed by atoms with van der Waals surface area (Å²) in [6.45, 7) is 1.68. The number of anilines is 6. The van der Waals surface area contributed by atoms with E-state index in [0.29, 0.717) is 42.6 Å². The number of azo groups is 3. The Bertz CT molecular complexity index is 5370. The minimum absolute atomic E-state index is 0.0177. The first-order chi connectivity index (χ1) is 46.7. The highest BCUT2D eigenvalue weighted by molar-refractivity contribution is 7.95. The Morgan fingerprint density at radius 3 is 1.77 bits per heavy atom. The molecule has 520 valence electrons. The molecule has 1 aliphatic heterocycles. The minimum atomic E-state index is -5.35. The number of nitrogens with zero attached hydrogens (tertiary/aromatic N) is 14. The number of hydrogen-bond acceptors (Lipinski definition) is 37. The molecule has 0 unspecified atom stereocenters. The Morgan fingerprint density at radius 2 is 1.11 bits per heavy atom. The largest absolute Gasteiger partial charge is 0.505 e. The van der Waals surface area contributed by atoms with Crippen molar-refractivity contribution < 1.29 is 104 Å². The molecule has 9 aromatic rings. The van der Waals surface area contributed by atoms with Gasteiger partial charge in [-0.25, -0.2) is 10.5 Å². The highest BCUT2D eigenvalue weighted by atomic mass is 35.5. The van der Waals surface area contributed by atoms with Crippen LogP contribution in [0.4, 0.5) is 69.3 Å². The molecule has 0 amide bonds. The second-order valence-corrected chi connectivity index (χ2v) is 28.9. The van der Waals surface area contributed by atoms with Crippen LogP contribution >= 0.6 is 47.3 Å². The van der Waals surface area contributed by atoms with E-state index in [9.17, 15) is 75.1 Å². The SMILES string of the molecule is O=S(=O)(O)c1cc(Nc2nc(Cl)nc(N3CCN(CCNc4nc(Cl)nc(Nc5ccc6c(O)c(N=Nc7ccc(N=Nc8ccc(SOOO)cc8)cc7S(=O)(=O)O)c(SOOO)cc6c5S(=O)(=O)O)n4)CC3)n2)c2c(O)c(N=Nc3ccccc3S(=O)(=O)O)c(S(=O)(=O)O)cc2c1. The number of aromatic nitrogens is 6. The van der Waals surface area contributed by atoms with E-state index in [1.54, 1.807) is 4.90 Å². The van der Waals surface area contributed by atoms with Crippen molar-refractivity contribution in [1.82, 2.24) is 34.8 Å². The summed E-state index contributed by atoms with van der Waals surface area (Å²) < 4.78 is 186. The molecule has 0 radical (unpaired) electrons. The first kappa shape index (κ1) is 73.0. The van der Waals surface area contributed by atoms with Crippen molar-refractivity contribution in [3.05, 3.63) is 114 Å². The zero-order valence-electron chi connectivity index (χ0n) is 48.7. The second-order valence-electron chi connectivity index (χ2n) is 19.8. The van der Waals surface area contributed by atoms with Gasteiger partial charge in [0.05, 0.1) is 56.6 Å². The van der Waals surface area contributed by atoms with Crippen LogP contribution in [0.2, 0.25) is 10.6 Å². The topological polar surface area (TPSA) is 584 Å². The molecule has 2 aromatic heterocycles. The van der Waals surface area contributed by atoms with Crippen LogP contribution in [0.15, 0.2) is 168 Å². The molecule has 49 heteroatoms. The van der Waals surface area contributed by atoms with Gasteiger partial charge in [-0.15, -0.1) is 29.1 Å². The maximum Gasteiger partial charge on any atom is 0.297 e. The van der Waals surface area contributed by atoms with E-state index >= 15 is 0 Å². The molecule has 7 aromatic carbocycles. The van der Waals surface area contributed by atoms with Crippen molar-refractivity contribution in [1.29, 1.82) is 0 Å². The van der Waals surface area contributed by atoms with E-state index in [1.165, 1.54) is 48.5 Å². The smallest absolute Gasteiger partial charge is 0.297 e. The standard InChI is InChI=1S/C50H41Cl2N17O23S7/c51-45-56-47(60-48(57-45)54-33-12-10-29-30(44(33)99(86,87)88)23-35(94-92-90-73)40(42(29)70)66-65-32-11-7-26(21-37(32)97(80,81)82)63-62-25-5-8-27(9-6-25)93-91-89-72)53-13-14-68-15-17-69(18-16-68)50-59-46(52)58-49(61-50)55-34-22-28(95(74,75)76)19-24-20-38(98(83,84)85)41(43(71)39(24)34)67-64-31-3-1-2-4-36(31)96(77,78)79/h1-12,19-23,70-73H,13-18H2,(H,74,75,76)(H,77,78,79)(H,80,81,82)(H,83,84,85)(H,86,87,88)(H,55,58,59,61)(H2,53,54,56,57,60). The first-order valence-electron chi connectivity index (χ1n) is 26.8. The summed E-state index contributed by atoms with van der Waals surface area (Å²) in [5.74, 6) is -2.83. The van der Waals surface area contributed by atoms with Gasteiger partial charge in [0, 0.05) is 60.3 Å². The Kier molecular flexibility index (Phi) is 22.1. The number of halogens is 2. The third-order valence-electron chi connectivity index (χ3n) is 13.5. The molecule has 12 N–H and O–H groups in total.